The summed E-state index contributed by atoms with van der Waals surface area (Å²) in [5, 5.41) is 3.53. The first-order chi connectivity index (χ1) is 11.2. The van der Waals surface area contributed by atoms with E-state index in [4.69, 9.17) is 11.6 Å². The molecule has 1 aromatic heterocycles. The van der Waals surface area contributed by atoms with Crippen molar-refractivity contribution in [3.8, 4) is 0 Å². The molecule has 4 nitrogen and oxygen atoms in total. The van der Waals surface area contributed by atoms with Crippen molar-refractivity contribution in [1.29, 1.82) is 0 Å². The molecule has 1 amide bonds. The average molecular weight is 346 g/mol. The summed E-state index contributed by atoms with van der Waals surface area (Å²) in [6.07, 6.45) is 2.03. The molecule has 1 heterocycles. The Hall–Kier alpha value is -1.98. The second-order valence-corrected chi connectivity index (χ2v) is 6.39. The number of thioether (sulfide) groups is 1. The van der Waals surface area contributed by atoms with E-state index in [0.29, 0.717) is 5.02 Å². The lowest BCUT2D eigenvalue weighted by molar-refractivity contribution is -0.116. The van der Waals surface area contributed by atoms with Crippen LogP contribution in [-0.4, -0.2) is 21.7 Å². The van der Waals surface area contributed by atoms with E-state index in [-0.39, 0.29) is 12.5 Å². The zero-order valence-electron chi connectivity index (χ0n) is 12.6. The Balaban J connectivity index is 1.83. The summed E-state index contributed by atoms with van der Waals surface area (Å²) in [5.41, 5.74) is 2.62. The molecular formula is C17H16ClN3OS. The van der Waals surface area contributed by atoms with Gasteiger partial charge in [0.2, 0.25) is 5.91 Å². The van der Waals surface area contributed by atoms with Crippen molar-refractivity contribution in [2.24, 2.45) is 0 Å². The van der Waals surface area contributed by atoms with Gasteiger partial charge in [0.05, 0.1) is 16.8 Å². The Morgan fingerprint density at radius 1 is 1.22 bits per heavy atom. The maximum absolute atomic E-state index is 12.4. The van der Waals surface area contributed by atoms with Crippen LogP contribution in [-0.2, 0) is 17.1 Å². The predicted molar refractivity (Wildman–Crippen MR) is 97.0 cm³/mol. The molecule has 0 aliphatic rings. The molecule has 2 aromatic carbocycles. The number of carbonyl (C=O) groups excluding carboxylic acids is 1. The smallest absolute Gasteiger partial charge is 0.244 e. The summed E-state index contributed by atoms with van der Waals surface area (Å²) >= 11 is 7.54. The van der Waals surface area contributed by atoms with Gasteiger partial charge in [-0.2, -0.15) is 11.8 Å². The Morgan fingerprint density at radius 3 is 2.70 bits per heavy atom. The molecule has 0 unspecified atom stereocenters. The van der Waals surface area contributed by atoms with Crippen LogP contribution in [0.15, 0.2) is 48.5 Å². The molecule has 0 aliphatic carbocycles. The van der Waals surface area contributed by atoms with Gasteiger partial charge < -0.3 is 9.88 Å². The fourth-order valence-corrected chi connectivity index (χ4v) is 3.02. The number of imidazole rings is 1. The minimum absolute atomic E-state index is 0.0853. The quantitative estimate of drug-likeness (QED) is 0.754. The highest BCUT2D eigenvalue weighted by atomic mass is 35.5. The Morgan fingerprint density at radius 2 is 1.96 bits per heavy atom. The highest BCUT2D eigenvalue weighted by Gasteiger charge is 2.13. The molecule has 0 aliphatic heterocycles. The van der Waals surface area contributed by atoms with E-state index >= 15 is 0 Å². The van der Waals surface area contributed by atoms with Crippen molar-refractivity contribution in [1.82, 2.24) is 9.55 Å². The van der Waals surface area contributed by atoms with E-state index in [1.54, 1.807) is 36.0 Å². The summed E-state index contributed by atoms with van der Waals surface area (Å²) in [6, 6.07) is 14.9. The summed E-state index contributed by atoms with van der Waals surface area (Å²) in [4.78, 5) is 17.0. The number of rotatable bonds is 5. The van der Waals surface area contributed by atoms with Gasteiger partial charge in [0.25, 0.3) is 0 Å². The molecule has 6 heteroatoms. The zero-order chi connectivity index (χ0) is 16.2. The Labute approximate surface area is 143 Å². The van der Waals surface area contributed by atoms with Crippen LogP contribution in [0, 0.1) is 0 Å². The number of fused-ring (bicyclic) bond motifs is 1. The molecule has 0 radical (unpaired) electrons. The number of nitrogens with one attached hydrogen (secondary N) is 1. The number of para-hydroxylation sites is 2. The molecule has 1 N–H and O–H groups in total. The lowest BCUT2D eigenvalue weighted by atomic mass is 10.3. The van der Waals surface area contributed by atoms with Crippen LogP contribution in [0.4, 0.5) is 5.69 Å². The van der Waals surface area contributed by atoms with Crippen molar-refractivity contribution in [3.63, 3.8) is 0 Å². The van der Waals surface area contributed by atoms with E-state index in [1.165, 1.54) is 0 Å². The van der Waals surface area contributed by atoms with Crippen LogP contribution in [0.2, 0.25) is 5.02 Å². The maximum Gasteiger partial charge on any atom is 0.244 e. The van der Waals surface area contributed by atoms with Crippen molar-refractivity contribution in [2.75, 3.05) is 11.6 Å². The number of benzene rings is 2. The van der Waals surface area contributed by atoms with Gasteiger partial charge in [-0.1, -0.05) is 23.7 Å². The predicted octanol–water partition coefficient (Wildman–Crippen LogP) is 4.19. The molecule has 118 valence electrons. The highest BCUT2D eigenvalue weighted by Crippen LogP contribution is 2.19. The third kappa shape index (κ3) is 3.68. The molecule has 3 aromatic rings. The molecule has 0 saturated heterocycles. The van der Waals surface area contributed by atoms with Crippen LogP contribution in [0.25, 0.3) is 11.0 Å². The number of anilines is 1. The van der Waals surface area contributed by atoms with Gasteiger partial charge in [-0.3, -0.25) is 4.79 Å². The SMILES string of the molecule is CSCc1nc2ccccc2n1CC(=O)Nc1ccc(Cl)cc1. The van der Waals surface area contributed by atoms with E-state index in [0.717, 1.165) is 28.3 Å². The van der Waals surface area contributed by atoms with Gasteiger partial charge in [0.15, 0.2) is 0 Å². The lowest BCUT2D eigenvalue weighted by Gasteiger charge is -2.09. The van der Waals surface area contributed by atoms with Crippen LogP contribution >= 0.6 is 23.4 Å². The first-order valence-electron chi connectivity index (χ1n) is 7.16. The number of carbonyl (C=O) groups is 1. The molecule has 0 spiro atoms. The van der Waals surface area contributed by atoms with Crippen molar-refractivity contribution in [2.45, 2.75) is 12.3 Å². The molecule has 0 bridgehead atoms. The lowest BCUT2D eigenvalue weighted by Crippen LogP contribution is -2.20. The zero-order valence-corrected chi connectivity index (χ0v) is 14.2. The first kappa shape index (κ1) is 15.9. The topological polar surface area (TPSA) is 46.9 Å². The normalized spacial score (nSPS) is 10.9. The third-order valence-corrected chi connectivity index (χ3v) is 4.24. The molecular weight excluding hydrogens is 330 g/mol. The fourth-order valence-electron chi connectivity index (χ4n) is 2.42. The number of hydrogen-bond acceptors (Lipinski definition) is 3. The minimum atomic E-state index is -0.0853. The molecule has 0 fully saturated rings. The second kappa shape index (κ2) is 7.06. The largest absolute Gasteiger partial charge is 0.325 e. The first-order valence-corrected chi connectivity index (χ1v) is 8.93. The van der Waals surface area contributed by atoms with Gasteiger partial charge in [-0.25, -0.2) is 4.98 Å². The van der Waals surface area contributed by atoms with Crippen LogP contribution in [0.5, 0.6) is 0 Å². The summed E-state index contributed by atoms with van der Waals surface area (Å²) < 4.78 is 1.97. The van der Waals surface area contributed by atoms with Gasteiger partial charge in [-0.15, -0.1) is 0 Å². The van der Waals surface area contributed by atoms with E-state index in [9.17, 15) is 4.79 Å². The molecule has 0 atom stereocenters. The third-order valence-electron chi connectivity index (χ3n) is 3.44. The maximum atomic E-state index is 12.4. The van der Waals surface area contributed by atoms with Crippen molar-refractivity contribution >= 4 is 46.0 Å². The van der Waals surface area contributed by atoms with Crippen LogP contribution in [0.3, 0.4) is 0 Å². The van der Waals surface area contributed by atoms with E-state index < -0.39 is 0 Å². The van der Waals surface area contributed by atoms with Gasteiger partial charge >= 0.3 is 0 Å². The fraction of sp³-hybridized carbons (Fsp3) is 0.176. The minimum Gasteiger partial charge on any atom is -0.325 e. The van der Waals surface area contributed by atoms with Crippen molar-refractivity contribution in [3.05, 3.63) is 59.4 Å². The van der Waals surface area contributed by atoms with Gasteiger partial charge in [0, 0.05) is 10.7 Å². The second-order valence-electron chi connectivity index (χ2n) is 5.09. The van der Waals surface area contributed by atoms with Gasteiger partial charge in [0.1, 0.15) is 12.4 Å². The number of hydrogen-bond donors (Lipinski definition) is 1. The summed E-state index contributed by atoms with van der Waals surface area (Å²) in [6.45, 7) is 0.235. The average Bonchev–Trinajstić information content (AvgIpc) is 2.88. The molecule has 23 heavy (non-hydrogen) atoms. The Kier molecular flexibility index (Phi) is 4.88. The highest BCUT2D eigenvalue weighted by molar-refractivity contribution is 7.97. The summed E-state index contributed by atoms with van der Waals surface area (Å²) in [5.74, 6) is 1.59. The van der Waals surface area contributed by atoms with Crippen LogP contribution in [0.1, 0.15) is 5.82 Å². The number of nitrogens with zero attached hydrogens (tertiary/aromatic N) is 2. The van der Waals surface area contributed by atoms with E-state index in [1.807, 2.05) is 35.1 Å². The number of amides is 1. The van der Waals surface area contributed by atoms with Crippen LogP contribution < -0.4 is 5.32 Å². The van der Waals surface area contributed by atoms with Crippen molar-refractivity contribution < 1.29 is 4.79 Å². The Bertz CT molecular complexity index is 829. The summed E-state index contributed by atoms with van der Waals surface area (Å²) in [7, 11) is 0. The number of halogens is 1. The van der Waals surface area contributed by atoms with E-state index in [2.05, 4.69) is 10.3 Å². The molecule has 0 saturated carbocycles. The molecule has 3 rings (SSSR count). The van der Waals surface area contributed by atoms with Gasteiger partial charge in [-0.05, 0) is 42.7 Å². The standard InChI is InChI=1S/C17H16ClN3OS/c1-23-11-16-20-14-4-2-3-5-15(14)21(16)10-17(22)19-13-8-6-12(18)7-9-13/h2-9H,10-11H2,1H3,(H,19,22). The number of aromatic nitrogens is 2. The monoisotopic (exact) mass is 345 g/mol.